The monoisotopic (exact) mass is 701 g/mol. The van der Waals surface area contributed by atoms with Crippen LogP contribution in [-0.4, -0.2) is 34.3 Å². The summed E-state index contributed by atoms with van der Waals surface area (Å²) in [7, 11) is -7.41. The second-order valence-electron chi connectivity index (χ2n) is 9.66. The Hall–Kier alpha value is -6.40. The predicted molar refractivity (Wildman–Crippen MR) is 182 cm³/mol. The molecule has 0 heterocycles. The largest absolute Gasteiger partial charge is 0.479 e. The maximum atomic E-state index is 12.6. The zero-order valence-corrected chi connectivity index (χ0v) is 27.0. The van der Waals surface area contributed by atoms with Gasteiger partial charge < -0.3 is 21.3 Å². The van der Waals surface area contributed by atoms with Crippen molar-refractivity contribution in [2.75, 3.05) is 11.5 Å². The number of carbonyl (C=O) groups is 1. The van der Waals surface area contributed by atoms with Gasteiger partial charge in [-0.25, -0.2) is 21.6 Å². The van der Waals surface area contributed by atoms with E-state index in [2.05, 4.69) is 43.8 Å². The van der Waals surface area contributed by atoms with Gasteiger partial charge in [0.1, 0.15) is 29.2 Å². The number of nitrogen functional groups attached to an aromatic ring is 2. The average Bonchev–Trinajstić information content (AvgIpc) is 3.10. The van der Waals surface area contributed by atoms with Crippen LogP contribution in [0.3, 0.4) is 0 Å². The van der Waals surface area contributed by atoms with Crippen LogP contribution in [0.25, 0.3) is 0 Å². The summed E-state index contributed by atoms with van der Waals surface area (Å²) in [5.74, 6) is -1.53. The van der Waals surface area contributed by atoms with Gasteiger partial charge in [-0.3, -0.25) is 5.41 Å². The Balaban J connectivity index is 1.85. The predicted octanol–water partition coefficient (Wildman–Crippen LogP) is 7.75. The number of azo groups is 3. The number of hydrogen-bond acceptors (Lipinski definition) is 15. The number of carboxylic acids is 1. The van der Waals surface area contributed by atoms with Crippen LogP contribution in [0.2, 0.25) is 0 Å². The van der Waals surface area contributed by atoms with Crippen LogP contribution in [0.15, 0.2) is 137 Å². The molecule has 0 aromatic heterocycles. The number of nitrogens with zero attached hydrogens (tertiary/aromatic N) is 6. The SMILES string of the molecule is C=CS(=O)(=O)c1ccc(N=Nc2c(N)c(N=Nc3ccc(COC=N)cc3)c(C(=O)O)c(N=Nc3ccc(S(=O)(=O)C=C)cc3)c2N)cc1. The van der Waals surface area contributed by atoms with Crippen LogP contribution in [0.5, 0.6) is 0 Å². The quantitative estimate of drug-likeness (QED) is 0.0432. The summed E-state index contributed by atoms with van der Waals surface area (Å²) in [6.07, 6.45) is 0.805. The molecule has 0 bridgehead atoms. The lowest BCUT2D eigenvalue weighted by Gasteiger charge is -2.13. The number of ether oxygens (including phenoxy) is 1. The third kappa shape index (κ3) is 8.31. The minimum absolute atomic E-state index is 0.0258. The van der Waals surface area contributed by atoms with Crippen molar-refractivity contribution in [3.63, 3.8) is 0 Å². The molecule has 0 fully saturated rings. The zero-order valence-electron chi connectivity index (χ0n) is 25.3. The molecule has 0 radical (unpaired) electrons. The summed E-state index contributed by atoms with van der Waals surface area (Å²) < 4.78 is 53.2. The number of carboxylic acid groups (broad SMARTS) is 1. The Morgan fingerprint density at radius 2 is 1.04 bits per heavy atom. The van der Waals surface area contributed by atoms with Crippen molar-refractivity contribution in [2.24, 2.45) is 30.7 Å². The van der Waals surface area contributed by atoms with Crippen molar-refractivity contribution in [3.05, 3.63) is 108 Å². The molecule has 0 spiro atoms. The van der Waals surface area contributed by atoms with Gasteiger partial charge >= 0.3 is 5.97 Å². The summed E-state index contributed by atoms with van der Waals surface area (Å²) in [5.41, 5.74) is 11.8. The van der Waals surface area contributed by atoms with E-state index in [1.54, 1.807) is 24.3 Å². The Labute approximate surface area is 280 Å². The summed E-state index contributed by atoms with van der Waals surface area (Å²) in [6.45, 7) is 6.72. The molecule has 0 atom stereocenters. The number of aromatic carboxylic acids is 1. The van der Waals surface area contributed by atoms with Gasteiger partial charge in [-0.2, -0.15) is 15.3 Å². The van der Waals surface area contributed by atoms with Crippen LogP contribution in [0.4, 0.5) is 45.5 Å². The molecule has 0 aliphatic carbocycles. The molecular weight excluding hydrogens is 675 g/mol. The minimum Gasteiger partial charge on any atom is -0.479 e. The Kier molecular flexibility index (Phi) is 10.9. The van der Waals surface area contributed by atoms with Crippen molar-refractivity contribution in [3.8, 4) is 0 Å². The maximum Gasteiger partial charge on any atom is 0.340 e. The van der Waals surface area contributed by atoms with E-state index >= 15 is 0 Å². The standard InChI is InChI=1S/C31H27N9O7S2/c1-3-48(43,44)23-13-9-21(10-14-23)36-39-29-25(31(41)42)28(38-35-20-7-5-19(6-8-20)17-47-18-32)26(33)30(27(29)34)40-37-22-11-15-24(16-12-22)49(45,46)4-2/h3-16,18,32H,1-2,17,33-34H2,(H,41,42). The topological polar surface area (TPSA) is 265 Å². The van der Waals surface area contributed by atoms with Gasteiger partial charge in [-0.15, -0.1) is 15.3 Å². The van der Waals surface area contributed by atoms with Gasteiger partial charge in [-0.05, 0) is 66.2 Å². The van der Waals surface area contributed by atoms with Gasteiger partial charge in [0.05, 0.1) is 38.2 Å². The zero-order chi connectivity index (χ0) is 35.8. The smallest absolute Gasteiger partial charge is 0.340 e. The van der Waals surface area contributed by atoms with Crippen LogP contribution >= 0.6 is 0 Å². The van der Waals surface area contributed by atoms with Crippen molar-refractivity contribution in [2.45, 2.75) is 16.4 Å². The van der Waals surface area contributed by atoms with E-state index in [0.29, 0.717) is 5.69 Å². The molecule has 0 saturated heterocycles. The summed E-state index contributed by atoms with van der Waals surface area (Å²) >= 11 is 0. The average molecular weight is 702 g/mol. The fourth-order valence-electron chi connectivity index (χ4n) is 3.99. The van der Waals surface area contributed by atoms with Crippen LogP contribution < -0.4 is 11.5 Å². The number of anilines is 2. The third-order valence-electron chi connectivity index (χ3n) is 6.54. The van der Waals surface area contributed by atoms with Crippen LogP contribution in [-0.2, 0) is 31.0 Å². The third-order valence-corrected chi connectivity index (χ3v) is 9.28. The minimum atomic E-state index is -3.71. The Morgan fingerprint density at radius 3 is 1.39 bits per heavy atom. The van der Waals surface area contributed by atoms with E-state index in [1.807, 2.05) is 0 Å². The highest BCUT2D eigenvalue weighted by molar-refractivity contribution is 7.94. The summed E-state index contributed by atoms with van der Waals surface area (Å²) in [5, 5.41) is 43.3. The molecule has 4 aromatic rings. The first-order chi connectivity index (χ1) is 23.3. The lowest BCUT2D eigenvalue weighted by molar-refractivity contribution is 0.0698. The van der Waals surface area contributed by atoms with E-state index in [9.17, 15) is 26.7 Å². The molecule has 4 aromatic carbocycles. The van der Waals surface area contributed by atoms with E-state index in [-0.39, 0.29) is 50.5 Å². The second-order valence-corrected chi connectivity index (χ2v) is 13.4. The summed E-state index contributed by atoms with van der Waals surface area (Å²) in [6, 6.07) is 17.0. The van der Waals surface area contributed by atoms with Crippen molar-refractivity contribution in [1.82, 2.24) is 0 Å². The molecule has 18 heteroatoms. The van der Waals surface area contributed by atoms with Crippen molar-refractivity contribution < 1.29 is 31.5 Å². The highest BCUT2D eigenvalue weighted by Crippen LogP contribution is 2.49. The highest BCUT2D eigenvalue weighted by Gasteiger charge is 2.27. The molecule has 0 unspecified atom stereocenters. The fourth-order valence-corrected chi connectivity index (χ4v) is 5.40. The molecule has 6 N–H and O–H groups in total. The van der Waals surface area contributed by atoms with Gasteiger partial charge in [0.15, 0.2) is 26.1 Å². The number of sulfone groups is 2. The fraction of sp³-hybridized carbons (Fsp3) is 0.0323. The van der Waals surface area contributed by atoms with Crippen LogP contribution in [0.1, 0.15) is 15.9 Å². The normalized spacial score (nSPS) is 12.0. The summed E-state index contributed by atoms with van der Waals surface area (Å²) in [4.78, 5) is 12.5. The van der Waals surface area contributed by atoms with E-state index in [4.69, 9.17) is 21.6 Å². The molecule has 49 heavy (non-hydrogen) atoms. The number of hydrogen-bond donors (Lipinski definition) is 4. The Bertz CT molecular complexity index is 2230. The molecule has 4 rings (SSSR count). The molecule has 250 valence electrons. The van der Waals surface area contributed by atoms with E-state index in [1.165, 1.54) is 48.5 Å². The van der Waals surface area contributed by atoms with Gasteiger partial charge in [0.25, 0.3) is 0 Å². The van der Waals surface area contributed by atoms with E-state index in [0.717, 1.165) is 22.8 Å². The number of nitrogens with two attached hydrogens (primary N) is 2. The molecule has 0 aliphatic heterocycles. The highest BCUT2D eigenvalue weighted by atomic mass is 32.2. The number of rotatable bonds is 14. The first kappa shape index (κ1) is 35.5. The first-order valence-corrected chi connectivity index (χ1v) is 16.8. The first-order valence-electron chi connectivity index (χ1n) is 13.7. The van der Waals surface area contributed by atoms with Gasteiger partial charge in [0, 0.05) is 10.8 Å². The molecule has 0 aliphatic rings. The van der Waals surface area contributed by atoms with Crippen LogP contribution in [0, 0.1) is 5.41 Å². The van der Waals surface area contributed by atoms with Gasteiger partial charge in [0.2, 0.25) is 0 Å². The molecule has 0 amide bonds. The second kappa shape index (κ2) is 15.0. The lowest BCUT2D eigenvalue weighted by atomic mass is 10.1. The lowest BCUT2D eigenvalue weighted by Crippen LogP contribution is -2.04. The van der Waals surface area contributed by atoms with Crippen molar-refractivity contribution in [1.29, 1.82) is 5.41 Å². The van der Waals surface area contributed by atoms with Crippen molar-refractivity contribution >= 4 is 77.5 Å². The maximum absolute atomic E-state index is 12.6. The van der Waals surface area contributed by atoms with E-state index < -0.39 is 36.9 Å². The van der Waals surface area contributed by atoms with Gasteiger partial charge in [-0.1, -0.05) is 25.3 Å². The molecular formula is C31H27N9O7S2. The number of nitrogens with one attached hydrogen (secondary N) is 1. The number of benzene rings is 4. The molecule has 16 nitrogen and oxygen atoms in total. The molecule has 0 saturated carbocycles. The Morgan fingerprint density at radius 1 is 0.673 bits per heavy atom.